The van der Waals surface area contributed by atoms with Crippen LogP contribution in [0.4, 0.5) is 11.5 Å². The van der Waals surface area contributed by atoms with Gasteiger partial charge in [0.15, 0.2) is 0 Å². The fourth-order valence-corrected chi connectivity index (χ4v) is 1.39. The van der Waals surface area contributed by atoms with E-state index in [-0.39, 0.29) is 0 Å². The summed E-state index contributed by atoms with van der Waals surface area (Å²) in [5.41, 5.74) is 7.56. The first-order valence-corrected chi connectivity index (χ1v) is 5.20. The second kappa shape index (κ2) is 5.11. The van der Waals surface area contributed by atoms with Crippen LogP contribution in [0.25, 0.3) is 0 Å². The van der Waals surface area contributed by atoms with Gasteiger partial charge in [-0.15, -0.1) is 0 Å². The number of anilines is 2. The van der Waals surface area contributed by atoms with Gasteiger partial charge in [0, 0.05) is 24.9 Å². The highest BCUT2D eigenvalue weighted by atomic mass is 14.9. The van der Waals surface area contributed by atoms with Crippen molar-refractivity contribution < 1.29 is 0 Å². The number of nitrogens with two attached hydrogens (primary N) is 1. The zero-order valence-electron chi connectivity index (χ0n) is 8.93. The minimum atomic E-state index is 0.537. The van der Waals surface area contributed by atoms with Crippen molar-refractivity contribution in [1.82, 2.24) is 9.97 Å². The van der Waals surface area contributed by atoms with Crippen LogP contribution in [0.5, 0.6) is 0 Å². The quantitative estimate of drug-likeness (QED) is 0.813. The molecular formula is C12H14N4. The summed E-state index contributed by atoms with van der Waals surface area (Å²) >= 11 is 0. The lowest BCUT2D eigenvalue weighted by Crippen LogP contribution is -2.06. The molecule has 0 aliphatic rings. The van der Waals surface area contributed by atoms with Gasteiger partial charge in [0.25, 0.3) is 0 Å². The number of hydrogen-bond acceptors (Lipinski definition) is 4. The number of nitrogens with one attached hydrogen (secondary N) is 1. The Balaban J connectivity index is 1.82. The van der Waals surface area contributed by atoms with Crippen molar-refractivity contribution in [1.29, 1.82) is 0 Å². The standard InChI is InChI=1S/C12H14N4/c13-12-5-4-11(9-16-12)15-8-6-10-3-1-2-7-14-10/h1-5,7,9,15H,6,8H2,(H2,13,16). The molecule has 4 nitrogen and oxygen atoms in total. The minimum Gasteiger partial charge on any atom is -0.384 e. The van der Waals surface area contributed by atoms with E-state index in [4.69, 9.17) is 5.73 Å². The van der Waals surface area contributed by atoms with Crippen LogP contribution < -0.4 is 11.1 Å². The largest absolute Gasteiger partial charge is 0.384 e. The third-order valence-electron chi connectivity index (χ3n) is 2.22. The predicted molar refractivity (Wildman–Crippen MR) is 65.1 cm³/mol. The smallest absolute Gasteiger partial charge is 0.123 e. The first-order valence-electron chi connectivity index (χ1n) is 5.20. The summed E-state index contributed by atoms with van der Waals surface area (Å²) in [5, 5.41) is 3.26. The molecule has 0 saturated carbocycles. The Morgan fingerprint density at radius 3 is 2.75 bits per heavy atom. The van der Waals surface area contributed by atoms with Gasteiger partial charge in [-0.1, -0.05) is 6.07 Å². The lowest BCUT2D eigenvalue weighted by molar-refractivity contribution is 0.960. The summed E-state index contributed by atoms with van der Waals surface area (Å²) in [6, 6.07) is 9.63. The van der Waals surface area contributed by atoms with Crippen LogP contribution in [0, 0.1) is 0 Å². The maximum Gasteiger partial charge on any atom is 0.123 e. The van der Waals surface area contributed by atoms with Crippen molar-refractivity contribution in [2.45, 2.75) is 6.42 Å². The van der Waals surface area contributed by atoms with E-state index in [0.29, 0.717) is 5.82 Å². The van der Waals surface area contributed by atoms with Gasteiger partial charge in [-0.05, 0) is 24.3 Å². The summed E-state index contributed by atoms with van der Waals surface area (Å²) in [4.78, 5) is 8.25. The van der Waals surface area contributed by atoms with Gasteiger partial charge < -0.3 is 11.1 Å². The van der Waals surface area contributed by atoms with Crippen LogP contribution in [-0.2, 0) is 6.42 Å². The van der Waals surface area contributed by atoms with E-state index < -0.39 is 0 Å². The van der Waals surface area contributed by atoms with E-state index >= 15 is 0 Å². The molecule has 0 atom stereocenters. The van der Waals surface area contributed by atoms with Crippen molar-refractivity contribution in [3.05, 3.63) is 48.4 Å². The Morgan fingerprint density at radius 1 is 1.12 bits per heavy atom. The molecular weight excluding hydrogens is 200 g/mol. The number of nitrogens with zero attached hydrogens (tertiary/aromatic N) is 2. The summed E-state index contributed by atoms with van der Waals surface area (Å²) in [6.45, 7) is 0.836. The van der Waals surface area contributed by atoms with Gasteiger partial charge in [0.05, 0.1) is 11.9 Å². The number of rotatable bonds is 4. The summed E-state index contributed by atoms with van der Waals surface area (Å²) in [6.07, 6.45) is 4.43. The molecule has 0 fully saturated rings. The Labute approximate surface area is 94.5 Å². The molecule has 0 aliphatic heterocycles. The van der Waals surface area contributed by atoms with E-state index in [1.165, 1.54) is 0 Å². The molecule has 0 amide bonds. The van der Waals surface area contributed by atoms with E-state index in [1.807, 2.05) is 24.3 Å². The molecule has 0 aromatic carbocycles. The maximum absolute atomic E-state index is 5.50. The molecule has 0 saturated heterocycles. The van der Waals surface area contributed by atoms with Crippen LogP contribution in [-0.4, -0.2) is 16.5 Å². The molecule has 2 aromatic heterocycles. The van der Waals surface area contributed by atoms with Gasteiger partial charge in [0.2, 0.25) is 0 Å². The van der Waals surface area contributed by atoms with Crippen molar-refractivity contribution in [3.63, 3.8) is 0 Å². The molecule has 0 radical (unpaired) electrons. The molecule has 0 unspecified atom stereocenters. The average molecular weight is 214 g/mol. The molecule has 0 aliphatic carbocycles. The summed E-state index contributed by atoms with van der Waals surface area (Å²) in [5.74, 6) is 0.537. The predicted octanol–water partition coefficient (Wildman–Crippen LogP) is 1.71. The maximum atomic E-state index is 5.50. The van der Waals surface area contributed by atoms with Gasteiger partial charge in [0.1, 0.15) is 5.82 Å². The van der Waals surface area contributed by atoms with E-state index in [9.17, 15) is 0 Å². The highest BCUT2D eigenvalue weighted by Gasteiger charge is 1.94. The van der Waals surface area contributed by atoms with Gasteiger partial charge >= 0.3 is 0 Å². The van der Waals surface area contributed by atoms with Crippen LogP contribution in [0.2, 0.25) is 0 Å². The fourth-order valence-electron chi connectivity index (χ4n) is 1.39. The van der Waals surface area contributed by atoms with Gasteiger partial charge in [-0.2, -0.15) is 0 Å². The van der Waals surface area contributed by atoms with Crippen LogP contribution in [0.1, 0.15) is 5.69 Å². The summed E-state index contributed by atoms with van der Waals surface area (Å²) in [7, 11) is 0. The molecule has 2 heterocycles. The highest BCUT2D eigenvalue weighted by molar-refractivity contribution is 5.45. The Hall–Kier alpha value is -2.10. The monoisotopic (exact) mass is 214 g/mol. The molecule has 82 valence electrons. The number of pyridine rings is 2. The topological polar surface area (TPSA) is 63.8 Å². The lowest BCUT2D eigenvalue weighted by atomic mass is 10.2. The van der Waals surface area contributed by atoms with E-state index in [2.05, 4.69) is 15.3 Å². The minimum absolute atomic E-state index is 0.537. The number of aromatic nitrogens is 2. The van der Waals surface area contributed by atoms with Crippen molar-refractivity contribution >= 4 is 11.5 Å². The first kappa shape index (κ1) is 10.4. The fraction of sp³-hybridized carbons (Fsp3) is 0.167. The molecule has 2 rings (SSSR count). The molecule has 0 spiro atoms. The van der Waals surface area contributed by atoms with Gasteiger partial charge in [-0.25, -0.2) is 4.98 Å². The molecule has 3 N–H and O–H groups in total. The van der Waals surface area contributed by atoms with E-state index in [1.54, 1.807) is 18.5 Å². The van der Waals surface area contributed by atoms with Crippen LogP contribution >= 0.6 is 0 Å². The first-order chi connectivity index (χ1) is 7.84. The lowest BCUT2D eigenvalue weighted by Gasteiger charge is -2.05. The van der Waals surface area contributed by atoms with Crippen LogP contribution in [0.15, 0.2) is 42.7 Å². The molecule has 16 heavy (non-hydrogen) atoms. The van der Waals surface area contributed by atoms with Crippen molar-refractivity contribution in [2.75, 3.05) is 17.6 Å². The average Bonchev–Trinajstić information content (AvgIpc) is 2.33. The molecule has 4 heteroatoms. The number of nitrogen functional groups attached to an aromatic ring is 1. The summed E-state index contributed by atoms with van der Waals surface area (Å²) < 4.78 is 0. The Kier molecular flexibility index (Phi) is 3.33. The normalized spacial score (nSPS) is 10.0. The molecule has 2 aromatic rings. The van der Waals surface area contributed by atoms with Crippen molar-refractivity contribution in [2.24, 2.45) is 0 Å². The van der Waals surface area contributed by atoms with Crippen LogP contribution in [0.3, 0.4) is 0 Å². The Morgan fingerprint density at radius 2 is 2.06 bits per heavy atom. The second-order valence-electron chi connectivity index (χ2n) is 3.47. The third-order valence-corrected chi connectivity index (χ3v) is 2.22. The highest BCUT2D eigenvalue weighted by Crippen LogP contribution is 2.06. The van der Waals surface area contributed by atoms with Crippen molar-refractivity contribution in [3.8, 4) is 0 Å². The van der Waals surface area contributed by atoms with Gasteiger partial charge in [-0.3, -0.25) is 4.98 Å². The zero-order chi connectivity index (χ0) is 11.2. The second-order valence-corrected chi connectivity index (χ2v) is 3.47. The Bertz CT molecular complexity index is 425. The molecule has 0 bridgehead atoms. The van der Waals surface area contributed by atoms with E-state index in [0.717, 1.165) is 24.3 Å². The third kappa shape index (κ3) is 2.95. The zero-order valence-corrected chi connectivity index (χ0v) is 8.93. The number of hydrogen-bond donors (Lipinski definition) is 2. The SMILES string of the molecule is Nc1ccc(NCCc2ccccn2)cn1.